The lowest BCUT2D eigenvalue weighted by molar-refractivity contribution is 0.0342. The first-order chi connectivity index (χ1) is 15.5. The van der Waals surface area contributed by atoms with Crippen LogP contribution in [-0.4, -0.2) is 52.2 Å². The van der Waals surface area contributed by atoms with E-state index in [-0.39, 0.29) is 16.1 Å². The molecule has 0 unspecified atom stereocenters. The number of hydrogen-bond acceptors (Lipinski definition) is 6. The number of halogens is 2. The average Bonchev–Trinajstić information content (AvgIpc) is 3.29. The summed E-state index contributed by atoms with van der Waals surface area (Å²) in [6, 6.07) is 12.4. The van der Waals surface area contributed by atoms with E-state index >= 15 is 0 Å². The third-order valence-electron chi connectivity index (χ3n) is 5.18. The van der Waals surface area contributed by atoms with Crippen LogP contribution < -0.4 is 10.4 Å². The molecule has 0 atom stereocenters. The lowest BCUT2D eigenvalue weighted by atomic mass is 10.1. The van der Waals surface area contributed by atoms with Crippen LogP contribution in [0.2, 0.25) is 0 Å². The Morgan fingerprint density at radius 2 is 1.91 bits per heavy atom. The SMILES string of the molecule is N=C(N(O)c1ccc(F)c(Br)c1)n1cc(NCc2ccc(CN3CCOCC3)cc2)cn1. The number of benzene rings is 2. The summed E-state index contributed by atoms with van der Waals surface area (Å²) >= 11 is 3.07. The summed E-state index contributed by atoms with van der Waals surface area (Å²) in [7, 11) is 0. The molecule has 0 aliphatic carbocycles. The minimum atomic E-state index is -0.451. The minimum absolute atomic E-state index is 0.195. The zero-order chi connectivity index (χ0) is 22.5. The van der Waals surface area contributed by atoms with Crippen LogP contribution in [0.15, 0.2) is 59.3 Å². The van der Waals surface area contributed by atoms with Gasteiger partial charge in [-0.1, -0.05) is 24.3 Å². The Morgan fingerprint density at radius 1 is 1.19 bits per heavy atom. The van der Waals surface area contributed by atoms with Crippen molar-refractivity contribution in [1.29, 1.82) is 5.41 Å². The highest BCUT2D eigenvalue weighted by Gasteiger charge is 2.15. The standard InChI is InChI=1S/C22H24BrFN6O2/c23-20-11-19(5-6-21(20)24)30(31)22(25)29-15-18(13-27-29)26-12-16-1-3-17(4-2-16)14-28-7-9-32-10-8-28/h1-6,11,13,15,25-26,31H,7-10,12,14H2. The van der Waals surface area contributed by atoms with E-state index in [0.717, 1.165) is 38.4 Å². The number of rotatable bonds is 6. The first kappa shape index (κ1) is 22.4. The molecule has 1 saturated heterocycles. The van der Waals surface area contributed by atoms with Crippen LogP contribution in [0.25, 0.3) is 0 Å². The van der Waals surface area contributed by atoms with Gasteiger partial charge in [0.05, 0.1) is 41.5 Å². The Labute approximate surface area is 193 Å². The second-order valence-electron chi connectivity index (χ2n) is 7.47. The number of anilines is 2. The van der Waals surface area contributed by atoms with Crippen molar-refractivity contribution in [1.82, 2.24) is 14.7 Å². The molecule has 168 valence electrons. The molecule has 0 saturated carbocycles. The fourth-order valence-corrected chi connectivity index (χ4v) is 3.72. The van der Waals surface area contributed by atoms with E-state index in [2.05, 4.69) is 55.5 Å². The number of hydrogen-bond donors (Lipinski definition) is 3. The quantitative estimate of drug-likeness (QED) is 0.269. The molecule has 3 aromatic rings. The smallest absolute Gasteiger partial charge is 0.248 e. The van der Waals surface area contributed by atoms with Gasteiger partial charge in [-0.15, -0.1) is 0 Å². The molecule has 4 rings (SSSR count). The average molecular weight is 503 g/mol. The van der Waals surface area contributed by atoms with E-state index in [1.54, 1.807) is 12.4 Å². The van der Waals surface area contributed by atoms with Crippen LogP contribution in [0.5, 0.6) is 0 Å². The summed E-state index contributed by atoms with van der Waals surface area (Å²) < 4.78 is 20.2. The lowest BCUT2D eigenvalue weighted by Crippen LogP contribution is -2.35. The molecule has 1 aliphatic heterocycles. The Balaban J connectivity index is 1.31. The molecule has 1 aliphatic rings. The lowest BCUT2D eigenvalue weighted by Gasteiger charge is -2.26. The van der Waals surface area contributed by atoms with Crippen molar-refractivity contribution in [2.45, 2.75) is 13.1 Å². The molecule has 2 aromatic carbocycles. The summed E-state index contributed by atoms with van der Waals surface area (Å²) in [5.74, 6) is -0.739. The van der Waals surface area contributed by atoms with E-state index in [9.17, 15) is 9.60 Å². The van der Waals surface area contributed by atoms with Gasteiger partial charge in [-0.2, -0.15) is 10.2 Å². The number of morpholine rings is 1. The number of aromatic nitrogens is 2. The molecule has 8 nitrogen and oxygen atoms in total. The summed E-state index contributed by atoms with van der Waals surface area (Å²) in [5.41, 5.74) is 3.34. The summed E-state index contributed by atoms with van der Waals surface area (Å²) in [5, 5.41) is 26.5. The fourth-order valence-electron chi connectivity index (χ4n) is 3.35. The molecule has 1 fully saturated rings. The van der Waals surface area contributed by atoms with E-state index in [1.165, 1.54) is 28.4 Å². The molecule has 32 heavy (non-hydrogen) atoms. The molecule has 2 heterocycles. The second-order valence-corrected chi connectivity index (χ2v) is 8.32. The first-order valence-corrected chi connectivity index (χ1v) is 11.0. The van der Waals surface area contributed by atoms with Crippen LogP contribution >= 0.6 is 15.9 Å². The molecule has 0 bridgehead atoms. The van der Waals surface area contributed by atoms with Gasteiger partial charge >= 0.3 is 0 Å². The van der Waals surface area contributed by atoms with Crippen LogP contribution in [0, 0.1) is 11.2 Å². The van der Waals surface area contributed by atoms with E-state index in [0.29, 0.717) is 17.3 Å². The van der Waals surface area contributed by atoms with Crippen molar-refractivity contribution in [2.24, 2.45) is 0 Å². The molecular formula is C22H24BrFN6O2. The number of nitrogens with one attached hydrogen (secondary N) is 2. The maximum absolute atomic E-state index is 13.4. The van der Waals surface area contributed by atoms with Crippen molar-refractivity contribution < 1.29 is 14.3 Å². The molecule has 1 aromatic heterocycles. The molecule has 0 spiro atoms. The highest BCUT2D eigenvalue weighted by Crippen LogP contribution is 2.22. The maximum atomic E-state index is 13.4. The van der Waals surface area contributed by atoms with Crippen molar-refractivity contribution in [3.63, 3.8) is 0 Å². The van der Waals surface area contributed by atoms with Crippen molar-refractivity contribution in [3.05, 3.63) is 76.3 Å². The Kier molecular flexibility index (Phi) is 7.15. The Bertz CT molecular complexity index is 1070. The van der Waals surface area contributed by atoms with Crippen LogP contribution in [0.4, 0.5) is 15.8 Å². The highest BCUT2D eigenvalue weighted by molar-refractivity contribution is 9.10. The van der Waals surface area contributed by atoms with Gasteiger partial charge in [0.2, 0.25) is 5.96 Å². The Morgan fingerprint density at radius 3 is 2.62 bits per heavy atom. The zero-order valence-corrected chi connectivity index (χ0v) is 18.9. The highest BCUT2D eigenvalue weighted by atomic mass is 79.9. The number of ether oxygens (including phenoxy) is 1. The Hall–Kier alpha value is -2.79. The normalized spacial score (nSPS) is 14.3. The minimum Gasteiger partial charge on any atom is -0.379 e. The molecule has 0 amide bonds. The monoisotopic (exact) mass is 502 g/mol. The fraction of sp³-hybridized carbons (Fsp3) is 0.273. The topological polar surface area (TPSA) is 89.6 Å². The van der Waals surface area contributed by atoms with E-state index in [4.69, 9.17) is 10.1 Å². The van der Waals surface area contributed by atoms with Gasteiger partial charge in [-0.25, -0.2) is 9.07 Å². The third-order valence-corrected chi connectivity index (χ3v) is 5.79. The summed E-state index contributed by atoms with van der Waals surface area (Å²) in [6.45, 7) is 5.04. The van der Waals surface area contributed by atoms with Gasteiger partial charge in [-0.3, -0.25) is 15.5 Å². The number of nitrogens with zero attached hydrogens (tertiary/aromatic N) is 4. The van der Waals surface area contributed by atoms with Gasteiger partial charge in [-0.05, 0) is 45.3 Å². The van der Waals surface area contributed by atoms with Crippen molar-refractivity contribution in [2.75, 3.05) is 36.7 Å². The van der Waals surface area contributed by atoms with Gasteiger partial charge < -0.3 is 10.1 Å². The first-order valence-electron chi connectivity index (χ1n) is 10.2. The van der Waals surface area contributed by atoms with Gasteiger partial charge in [0, 0.05) is 26.2 Å². The van der Waals surface area contributed by atoms with Gasteiger partial charge in [0.15, 0.2) is 0 Å². The largest absolute Gasteiger partial charge is 0.379 e. The van der Waals surface area contributed by atoms with E-state index < -0.39 is 5.82 Å². The van der Waals surface area contributed by atoms with Crippen LogP contribution in [0.1, 0.15) is 11.1 Å². The van der Waals surface area contributed by atoms with Gasteiger partial charge in [0.25, 0.3) is 0 Å². The zero-order valence-electron chi connectivity index (χ0n) is 17.3. The van der Waals surface area contributed by atoms with Crippen molar-refractivity contribution in [3.8, 4) is 0 Å². The maximum Gasteiger partial charge on any atom is 0.248 e. The predicted octanol–water partition coefficient (Wildman–Crippen LogP) is 3.91. The summed E-state index contributed by atoms with van der Waals surface area (Å²) in [4.78, 5) is 2.38. The molecular weight excluding hydrogens is 479 g/mol. The molecule has 3 N–H and O–H groups in total. The predicted molar refractivity (Wildman–Crippen MR) is 124 cm³/mol. The molecule has 0 radical (unpaired) electrons. The third kappa shape index (κ3) is 5.52. The van der Waals surface area contributed by atoms with Crippen LogP contribution in [-0.2, 0) is 17.8 Å². The summed E-state index contributed by atoms with van der Waals surface area (Å²) in [6.07, 6.45) is 3.19. The van der Waals surface area contributed by atoms with Crippen LogP contribution in [0.3, 0.4) is 0 Å². The molecule has 10 heteroatoms. The second kappa shape index (κ2) is 10.2. The van der Waals surface area contributed by atoms with Crippen molar-refractivity contribution >= 4 is 33.3 Å². The van der Waals surface area contributed by atoms with Gasteiger partial charge in [0.1, 0.15) is 5.82 Å². The van der Waals surface area contributed by atoms with E-state index in [1.807, 2.05) is 0 Å². The number of hydroxylamine groups is 1.